The number of hydrogen-bond acceptors (Lipinski definition) is 4. The number of H-pyrrole nitrogens is 1. The molecular weight excluding hydrogens is 274 g/mol. The van der Waals surface area contributed by atoms with Gasteiger partial charge in [-0.1, -0.05) is 18.2 Å². The number of nitrogens with zero attached hydrogens (tertiary/aromatic N) is 1. The van der Waals surface area contributed by atoms with E-state index in [2.05, 4.69) is 15.5 Å². The standard InChI is InChI=1S/C14H15N3O4/c18-13-12-8(10(16-17-13)7-15-14(19)20)3-1-4-9(12)11-5-2-6-21-11/h1,3-4,11,15H,2,5-7H2,(H,17,18)(H,19,20). The molecule has 3 rings (SSSR count). The van der Waals surface area contributed by atoms with Crippen LogP contribution in [0.1, 0.15) is 30.2 Å². The van der Waals surface area contributed by atoms with Crippen molar-refractivity contribution >= 4 is 16.9 Å². The average molecular weight is 289 g/mol. The molecule has 1 amide bonds. The molecule has 3 N–H and O–H groups in total. The number of nitrogens with one attached hydrogen (secondary N) is 2. The lowest BCUT2D eigenvalue weighted by molar-refractivity contribution is 0.113. The maximum atomic E-state index is 12.1. The largest absolute Gasteiger partial charge is 0.465 e. The van der Waals surface area contributed by atoms with Crippen LogP contribution in [0.25, 0.3) is 10.8 Å². The van der Waals surface area contributed by atoms with Crippen LogP contribution in [-0.4, -0.2) is 28.0 Å². The van der Waals surface area contributed by atoms with Crippen molar-refractivity contribution in [2.45, 2.75) is 25.5 Å². The van der Waals surface area contributed by atoms with Crippen LogP contribution in [0.2, 0.25) is 0 Å². The number of aromatic nitrogens is 2. The molecule has 0 radical (unpaired) electrons. The highest BCUT2D eigenvalue weighted by Gasteiger charge is 2.22. The molecule has 7 heteroatoms. The molecule has 7 nitrogen and oxygen atoms in total. The second kappa shape index (κ2) is 5.53. The number of aromatic amines is 1. The minimum absolute atomic E-state index is 0.0393. The minimum atomic E-state index is -1.13. The summed E-state index contributed by atoms with van der Waals surface area (Å²) in [5.41, 5.74) is 1.05. The summed E-state index contributed by atoms with van der Waals surface area (Å²) in [4.78, 5) is 22.8. The Morgan fingerprint density at radius 2 is 2.38 bits per heavy atom. The van der Waals surface area contributed by atoms with Crippen LogP contribution in [-0.2, 0) is 11.3 Å². The Morgan fingerprint density at radius 3 is 3.10 bits per heavy atom. The fourth-order valence-corrected chi connectivity index (χ4v) is 2.68. The molecule has 0 spiro atoms. The second-order valence-corrected chi connectivity index (χ2v) is 4.93. The van der Waals surface area contributed by atoms with Crippen LogP contribution in [0, 0.1) is 0 Å². The summed E-state index contributed by atoms with van der Waals surface area (Å²) in [5.74, 6) is 0. The Bertz CT molecular complexity index is 735. The fourth-order valence-electron chi connectivity index (χ4n) is 2.68. The Balaban J connectivity index is 2.11. The van der Waals surface area contributed by atoms with Crippen molar-refractivity contribution in [3.63, 3.8) is 0 Å². The smallest absolute Gasteiger partial charge is 0.404 e. The molecule has 1 unspecified atom stereocenters. The summed E-state index contributed by atoms with van der Waals surface area (Å²) < 4.78 is 5.66. The molecule has 1 saturated heterocycles. The molecule has 2 heterocycles. The van der Waals surface area contributed by atoms with Crippen molar-refractivity contribution in [3.8, 4) is 0 Å². The first-order valence-electron chi connectivity index (χ1n) is 6.75. The Kier molecular flexibility index (Phi) is 3.57. The third-order valence-electron chi connectivity index (χ3n) is 3.61. The van der Waals surface area contributed by atoms with Crippen molar-refractivity contribution in [1.82, 2.24) is 15.5 Å². The van der Waals surface area contributed by atoms with Gasteiger partial charge in [0.1, 0.15) is 0 Å². The van der Waals surface area contributed by atoms with Gasteiger partial charge in [0.15, 0.2) is 0 Å². The molecule has 1 aliphatic heterocycles. The molecular formula is C14H15N3O4. The minimum Gasteiger partial charge on any atom is -0.465 e. The lowest BCUT2D eigenvalue weighted by Gasteiger charge is -2.13. The van der Waals surface area contributed by atoms with Crippen molar-refractivity contribution in [3.05, 3.63) is 39.8 Å². The van der Waals surface area contributed by atoms with Crippen molar-refractivity contribution < 1.29 is 14.6 Å². The van der Waals surface area contributed by atoms with Crippen LogP contribution >= 0.6 is 0 Å². The van der Waals surface area contributed by atoms with E-state index in [1.165, 1.54) is 0 Å². The van der Waals surface area contributed by atoms with Gasteiger partial charge in [-0.3, -0.25) is 4.79 Å². The van der Waals surface area contributed by atoms with Crippen LogP contribution in [0.15, 0.2) is 23.0 Å². The molecule has 110 valence electrons. The molecule has 1 aromatic heterocycles. The number of fused-ring (bicyclic) bond motifs is 1. The number of ether oxygens (including phenoxy) is 1. The molecule has 0 bridgehead atoms. The summed E-state index contributed by atoms with van der Waals surface area (Å²) in [6.45, 7) is 0.731. The van der Waals surface area contributed by atoms with E-state index >= 15 is 0 Å². The average Bonchev–Trinajstić information content (AvgIpc) is 3.00. The zero-order valence-corrected chi connectivity index (χ0v) is 11.3. The van der Waals surface area contributed by atoms with Gasteiger partial charge in [0.2, 0.25) is 0 Å². The van der Waals surface area contributed by atoms with E-state index in [0.717, 1.165) is 18.4 Å². The van der Waals surface area contributed by atoms with Gasteiger partial charge in [-0.2, -0.15) is 5.10 Å². The fraction of sp³-hybridized carbons (Fsp3) is 0.357. The maximum absolute atomic E-state index is 12.1. The summed E-state index contributed by atoms with van der Waals surface area (Å²) in [6.07, 6.45) is 0.630. The summed E-state index contributed by atoms with van der Waals surface area (Å²) in [5, 5.41) is 18.5. The van der Waals surface area contributed by atoms with Crippen LogP contribution in [0.5, 0.6) is 0 Å². The van der Waals surface area contributed by atoms with Gasteiger partial charge in [0.05, 0.1) is 23.7 Å². The monoisotopic (exact) mass is 289 g/mol. The maximum Gasteiger partial charge on any atom is 0.404 e. The predicted octanol–water partition coefficient (Wildman–Crippen LogP) is 1.54. The number of amides is 1. The molecule has 1 aliphatic rings. The molecule has 1 atom stereocenters. The Morgan fingerprint density at radius 1 is 1.52 bits per heavy atom. The van der Waals surface area contributed by atoms with Gasteiger partial charge >= 0.3 is 6.09 Å². The third kappa shape index (κ3) is 2.59. The predicted molar refractivity (Wildman–Crippen MR) is 75.2 cm³/mol. The van der Waals surface area contributed by atoms with Gasteiger partial charge in [-0.25, -0.2) is 9.89 Å². The highest BCUT2D eigenvalue weighted by molar-refractivity contribution is 5.87. The summed E-state index contributed by atoms with van der Waals surface area (Å²) in [6, 6.07) is 5.49. The number of hydrogen-bond donors (Lipinski definition) is 3. The van der Waals surface area contributed by atoms with Gasteiger partial charge in [-0.15, -0.1) is 0 Å². The zero-order valence-electron chi connectivity index (χ0n) is 11.3. The van der Waals surface area contributed by atoms with E-state index in [4.69, 9.17) is 9.84 Å². The number of rotatable bonds is 3. The molecule has 1 aromatic carbocycles. The van der Waals surface area contributed by atoms with Crippen molar-refractivity contribution in [1.29, 1.82) is 0 Å². The first-order valence-corrected chi connectivity index (χ1v) is 6.75. The number of carboxylic acid groups (broad SMARTS) is 1. The van der Waals surface area contributed by atoms with E-state index in [-0.39, 0.29) is 18.2 Å². The SMILES string of the molecule is O=C(O)NCc1n[nH]c(=O)c2c(C3CCCO3)cccc12. The molecule has 0 aliphatic carbocycles. The quantitative estimate of drug-likeness (QED) is 0.795. The topological polar surface area (TPSA) is 104 Å². The van der Waals surface area contributed by atoms with E-state index < -0.39 is 6.09 Å². The summed E-state index contributed by atoms with van der Waals surface area (Å²) in [7, 11) is 0. The molecule has 2 aromatic rings. The molecule has 1 fully saturated rings. The van der Waals surface area contributed by atoms with E-state index in [1.54, 1.807) is 6.07 Å². The van der Waals surface area contributed by atoms with Gasteiger partial charge in [0, 0.05) is 12.0 Å². The van der Waals surface area contributed by atoms with Crippen molar-refractivity contribution in [2.24, 2.45) is 0 Å². The highest BCUT2D eigenvalue weighted by atomic mass is 16.5. The Labute approximate surface area is 119 Å². The lowest BCUT2D eigenvalue weighted by Crippen LogP contribution is -2.23. The second-order valence-electron chi connectivity index (χ2n) is 4.93. The molecule has 21 heavy (non-hydrogen) atoms. The van der Waals surface area contributed by atoms with E-state index in [9.17, 15) is 9.59 Å². The van der Waals surface area contributed by atoms with Crippen LogP contribution in [0.4, 0.5) is 4.79 Å². The van der Waals surface area contributed by atoms with Gasteiger partial charge < -0.3 is 15.2 Å². The Hall–Kier alpha value is -2.41. The number of benzene rings is 1. The van der Waals surface area contributed by atoms with E-state index in [0.29, 0.717) is 23.1 Å². The van der Waals surface area contributed by atoms with Crippen LogP contribution in [0.3, 0.4) is 0 Å². The van der Waals surface area contributed by atoms with E-state index in [1.807, 2.05) is 12.1 Å². The normalized spacial score (nSPS) is 18.0. The summed E-state index contributed by atoms with van der Waals surface area (Å²) >= 11 is 0. The van der Waals surface area contributed by atoms with Crippen molar-refractivity contribution in [2.75, 3.05) is 6.61 Å². The molecule has 0 saturated carbocycles. The van der Waals surface area contributed by atoms with Gasteiger partial charge in [0.25, 0.3) is 5.56 Å². The lowest BCUT2D eigenvalue weighted by atomic mass is 9.99. The first-order chi connectivity index (χ1) is 10.2. The first kappa shape index (κ1) is 13.6. The van der Waals surface area contributed by atoms with Crippen LogP contribution < -0.4 is 10.9 Å². The zero-order chi connectivity index (χ0) is 14.8. The van der Waals surface area contributed by atoms with Gasteiger partial charge in [-0.05, 0) is 18.4 Å². The number of carbonyl (C=O) groups is 1. The third-order valence-corrected chi connectivity index (χ3v) is 3.61. The highest BCUT2D eigenvalue weighted by Crippen LogP contribution is 2.32.